The van der Waals surface area contributed by atoms with E-state index in [1.165, 1.54) is 10.2 Å². The van der Waals surface area contributed by atoms with Gasteiger partial charge in [-0.15, -0.1) is 10.2 Å². The van der Waals surface area contributed by atoms with Crippen LogP contribution in [0.1, 0.15) is 28.9 Å². The van der Waals surface area contributed by atoms with Gasteiger partial charge < -0.3 is 14.2 Å². The van der Waals surface area contributed by atoms with Crippen LogP contribution in [0, 0.1) is 0 Å². The lowest BCUT2D eigenvalue weighted by Gasteiger charge is -2.34. The number of hydrogen-bond acceptors (Lipinski definition) is 9. The van der Waals surface area contributed by atoms with E-state index in [0.29, 0.717) is 24.5 Å². The molecule has 0 amide bonds. The highest BCUT2D eigenvalue weighted by molar-refractivity contribution is 5.84. The predicted molar refractivity (Wildman–Crippen MR) is 226 cm³/mol. The molecule has 4 aromatic carbocycles. The number of pyridine rings is 3. The molecule has 0 saturated carbocycles. The van der Waals surface area contributed by atoms with E-state index < -0.39 is 0 Å². The normalized spacial score (nSPS) is 14.0. The summed E-state index contributed by atoms with van der Waals surface area (Å²) < 4.78 is 7.40. The Morgan fingerprint density at radius 2 is 1.46 bits per heavy atom. The van der Waals surface area contributed by atoms with Crippen molar-refractivity contribution in [2.24, 2.45) is 0 Å². The molecule has 11 nitrogen and oxygen atoms in total. The van der Waals surface area contributed by atoms with Crippen LogP contribution in [0.25, 0.3) is 56.2 Å². The largest absolute Gasteiger partial charge is 0.497 e. The fourth-order valence-electron chi connectivity index (χ4n) is 7.66. The van der Waals surface area contributed by atoms with E-state index in [1.807, 2.05) is 83.4 Å². The maximum absolute atomic E-state index is 14.2. The minimum atomic E-state index is -0.130. The van der Waals surface area contributed by atoms with Gasteiger partial charge in [-0.05, 0) is 90.0 Å². The summed E-state index contributed by atoms with van der Waals surface area (Å²) in [5.41, 5.74) is 7.20. The molecule has 5 heterocycles. The van der Waals surface area contributed by atoms with Gasteiger partial charge in [-0.2, -0.15) is 4.80 Å². The number of hydrogen-bond donors (Lipinski definition) is 0. The highest BCUT2D eigenvalue weighted by Crippen LogP contribution is 2.24. The Morgan fingerprint density at radius 3 is 2.28 bits per heavy atom. The van der Waals surface area contributed by atoms with Gasteiger partial charge >= 0.3 is 0 Å². The van der Waals surface area contributed by atoms with Crippen LogP contribution < -0.4 is 10.3 Å². The van der Waals surface area contributed by atoms with Crippen LogP contribution in [0.15, 0.2) is 126 Å². The van der Waals surface area contributed by atoms with E-state index in [9.17, 15) is 4.79 Å². The van der Waals surface area contributed by atoms with Gasteiger partial charge in [0.2, 0.25) is 5.82 Å². The van der Waals surface area contributed by atoms with Gasteiger partial charge in [0.15, 0.2) is 0 Å². The van der Waals surface area contributed by atoms with Gasteiger partial charge in [-0.3, -0.25) is 14.7 Å². The van der Waals surface area contributed by atoms with Crippen LogP contribution in [0.4, 0.5) is 0 Å². The molecule has 8 aromatic rings. The summed E-state index contributed by atoms with van der Waals surface area (Å²) in [6.45, 7) is 6.66. The molecule has 284 valence electrons. The number of nitrogens with zero attached hydrogens (tertiary/aromatic N) is 9. The summed E-state index contributed by atoms with van der Waals surface area (Å²) in [7, 11) is 1.65. The van der Waals surface area contributed by atoms with Crippen molar-refractivity contribution >= 4 is 44.9 Å². The van der Waals surface area contributed by atoms with Crippen molar-refractivity contribution in [1.29, 1.82) is 0 Å². The lowest BCUT2D eigenvalue weighted by Crippen LogP contribution is -2.46. The van der Waals surface area contributed by atoms with Crippen molar-refractivity contribution in [1.82, 2.24) is 44.5 Å². The third-order valence-corrected chi connectivity index (χ3v) is 10.7. The van der Waals surface area contributed by atoms with Crippen LogP contribution in [-0.4, -0.2) is 84.4 Å². The molecule has 0 N–H and O–H groups in total. The molecule has 1 aliphatic heterocycles. The standard InChI is InChI=1S/C46H43N9O2/c1-57-40-20-21-44-37(29-40)30-41(46(56)54(44)23-7-22-52-24-26-53(27-25-52)32-39-19-16-36-11-3-5-13-43(36)48-39)45-49-51-55(50-45)31-34-9-6-8-33(28-34)14-17-38-18-15-35-10-2-4-12-42(35)47-38/h2-6,8-21,28-30H,7,22-27,31-32H2,1H3. The lowest BCUT2D eigenvalue weighted by atomic mass is 10.1. The summed E-state index contributed by atoms with van der Waals surface area (Å²) in [6.07, 6.45) is 4.90. The van der Waals surface area contributed by atoms with Crippen LogP contribution >= 0.6 is 0 Å². The second-order valence-electron chi connectivity index (χ2n) is 14.6. The zero-order valence-corrected chi connectivity index (χ0v) is 31.9. The minimum absolute atomic E-state index is 0.130. The van der Waals surface area contributed by atoms with Crippen LogP contribution in [0.2, 0.25) is 0 Å². The van der Waals surface area contributed by atoms with Gasteiger partial charge in [-0.25, -0.2) is 4.98 Å². The van der Waals surface area contributed by atoms with Gasteiger partial charge in [-0.1, -0.05) is 72.8 Å². The molecular formula is C46H43N9O2. The summed E-state index contributed by atoms with van der Waals surface area (Å²) in [6, 6.07) is 40.6. The van der Waals surface area contributed by atoms with Crippen LogP contribution in [-0.2, 0) is 19.6 Å². The molecule has 1 fully saturated rings. The molecular weight excluding hydrogens is 711 g/mol. The zero-order valence-electron chi connectivity index (χ0n) is 31.9. The molecule has 1 aliphatic rings. The molecule has 9 rings (SSSR count). The Hall–Kier alpha value is -6.56. The first kappa shape index (κ1) is 36.1. The third kappa shape index (κ3) is 8.21. The van der Waals surface area contributed by atoms with Crippen LogP contribution in [0.3, 0.4) is 0 Å². The third-order valence-electron chi connectivity index (χ3n) is 10.7. The molecule has 0 radical (unpaired) electrons. The summed E-state index contributed by atoms with van der Waals surface area (Å²) >= 11 is 0. The number of benzene rings is 4. The van der Waals surface area contributed by atoms with Gasteiger partial charge in [0, 0.05) is 55.4 Å². The molecule has 0 aliphatic carbocycles. The number of piperazine rings is 1. The maximum atomic E-state index is 14.2. The van der Waals surface area contributed by atoms with Gasteiger partial charge in [0.1, 0.15) is 5.75 Å². The first-order valence-electron chi connectivity index (χ1n) is 19.5. The Labute approximate surface area is 330 Å². The number of tetrazole rings is 1. The topological polar surface area (TPSA) is 107 Å². The molecule has 0 spiro atoms. The van der Waals surface area contributed by atoms with E-state index in [1.54, 1.807) is 7.11 Å². The Balaban J connectivity index is 0.865. The molecule has 0 atom stereocenters. The SMILES string of the molecule is COc1ccc2c(c1)cc(-c1nnn(Cc3cccc(C=Cc4ccc5ccccc5n4)c3)n1)c(=O)n2CCCN1CCN(Cc2ccc3ccccc3n2)CC1. The molecule has 0 bridgehead atoms. The first-order valence-corrected chi connectivity index (χ1v) is 19.5. The molecule has 4 aromatic heterocycles. The Bertz CT molecular complexity index is 2780. The summed E-state index contributed by atoms with van der Waals surface area (Å²) in [5.74, 6) is 1.02. The zero-order chi connectivity index (χ0) is 38.6. The molecule has 0 unspecified atom stereocenters. The fraction of sp³-hybridized carbons (Fsp3) is 0.217. The molecule has 11 heteroatoms. The highest BCUT2D eigenvalue weighted by Gasteiger charge is 2.19. The number of rotatable bonds is 12. The Morgan fingerprint density at radius 1 is 0.684 bits per heavy atom. The van der Waals surface area contributed by atoms with Crippen molar-refractivity contribution in [3.05, 3.63) is 154 Å². The summed E-state index contributed by atoms with van der Waals surface area (Å²) in [5, 5.41) is 16.6. The van der Waals surface area contributed by atoms with Gasteiger partial charge in [0.05, 0.1) is 47.2 Å². The number of aryl methyl sites for hydroxylation is 1. The smallest absolute Gasteiger partial charge is 0.262 e. The van der Waals surface area contributed by atoms with Crippen LogP contribution in [0.5, 0.6) is 5.75 Å². The average molecular weight is 754 g/mol. The summed E-state index contributed by atoms with van der Waals surface area (Å²) in [4.78, 5) is 30.3. The Kier molecular flexibility index (Phi) is 10.3. The number of methoxy groups -OCH3 is 1. The predicted octanol–water partition coefficient (Wildman–Crippen LogP) is 7.19. The van der Waals surface area contributed by atoms with E-state index in [4.69, 9.17) is 14.7 Å². The molecule has 57 heavy (non-hydrogen) atoms. The van der Waals surface area contributed by atoms with Crippen molar-refractivity contribution in [3.8, 4) is 17.1 Å². The lowest BCUT2D eigenvalue weighted by molar-refractivity contribution is 0.124. The molecule has 1 saturated heterocycles. The van der Waals surface area contributed by atoms with Crippen molar-refractivity contribution in [3.63, 3.8) is 0 Å². The number of para-hydroxylation sites is 2. The van der Waals surface area contributed by atoms with E-state index in [0.717, 1.165) is 101 Å². The van der Waals surface area contributed by atoms with Crippen molar-refractivity contribution in [2.45, 2.75) is 26.1 Å². The van der Waals surface area contributed by atoms with Gasteiger partial charge in [0.25, 0.3) is 5.56 Å². The van der Waals surface area contributed by atoms with Crippen molar-refractivity contribution in [2.75, 3.05) is 39.8 Å². The monoisotopic (exact) mass is 753 g/mol. The maximum Gasteiger partial charge on any atom is 0.262 e. The average Bonchev–Trinajstić information content (AvgIpc) is 3.72. The van der Waals surface area contributed by atoms with Crippen molar-refractivity contribution < 1.29 is 4.74 Å². The number of fused-ring (bicyclic) bond motifs is 3. The number of aromatic nitrogens is 7. The first-order chi connectivity index (χ1) is 28.0. The van der Waals surface area contributed by atoms with E-state index in [-0.39, 0.29) is 5.56 Å². The van der Waals surface area contributed by atoms with E-state index in [2.05, 4.69) is 79.8 Å². The second-order valence-corrected chi connectivity index (χ2v) is 14.6. The number of ether oxygens (including phenoxy) is 1. The quantitative estimate of drug-likeness (QED) is 0.128. The minimum Gasteiger partial charge on any atom is -0.497 e. The fourth-order valence-corrected chi connectivity index (χ4v) is 7.66. The highest BCUT2D eigenvalue weighted by atomic mass is 16.5. The second kappa shape index (κ2) is 16.3. The van der Waals surface area contributed by atoms with E-state index >= 15 is 0 Å².